The SMILES string of the molecule is CC[C@@H]1CC[C@]2(N=O)C[C@@H]3OC(C)(C)O[C@H]4C[C@H]5C(C)(C)C(c6ccc(C(=O)OC)cc6)=CC[C@]5(C)[C@H]5CC[C@H]([C@@H]12)[C@]3(C)[C@]45C. The minimum absolute atomic E-state index is 0.0480. The molecule has 0 bridgehead atoms. The highest BCUT2D eigenvalue weighted by Gasteiger charge is 2.77. The quantitative estimate of drug-likeness (QED) is 0.249. The van der Waals surface area contributed by atoms with Crippen molar-refractivity contribution in [3.63, 3.8) is 0 Å². The first-order valence-corrected chi connectivity index (χ1v) is 17.7. The van der Waals surface area contributed by atoms with Gasteiger partial charge in [0.25, 0.3) is 0 Å². The average Bonchev–Trinajstić information content (AvgIpc) is 3.34. The number of fused-ring (bicyclic) bond motifs is 4. The molecule has 6 aliphatic rings. The minimum Gasteiger partial charge on any atom is -0.465 e. The third kappa shape index (κ3) is 3.96. The maximum absolute atomic E-state index is 12.8. The van der Waals surface area contributed by atoms with Gasteiger partial charge < -0.3 is 14.2 Å². The van der Waals surface area contributed by atoms with E-state index in [-0.39, 0.29) is 39.8 Å². The predicted molar refractivity (Wildman–Crippen MR) is 176 cm³/mol. The Morgan fingerprint density at radius 3 is 2.27 bits per heavy atom. The fourth-order valence-corrected chi connectivity index (χ4v) is 13.3. The van der Waals surface area contributed by atoms with Crippen molar-refractivity contribution < 1.29 is 19.0 Å². The van der Waals surface area contributed by atoms with Gasteiger partial charge in [-0.25, -0.2) is 4.79 Å². The standard InChI is InChI=1S/C39H55NO5/c1-10-23-17-20-39(40-42)22-31-37(7)27(32(23)39)15-16-28-36(6)19-18-26(24-11-13-25(14-12-24)33(41)43-9)34(2,3)29(36)21-30(38(28,37)8)44-35(4,5)45-31/h11-14,18,23,27-32H,10,15-17,19-22H2,1-9H3/t23-,27-,28-,29+,30+,31+,32-,36-,37+,38+,39+/m1/s1. The summed E-state index contributed by atoms with van der Waals surface area (Å²) < 4.78 is 19.3. The molecule has 7 rings (SSSR count). The fraction of sp³-hybridized carbons (Fsp3) is 0.769. The summed E-state index contributed by atoms with van der Waals surface area (Å²) in [7, 11) is 1.43. The van der Waals surface area contributed by atoms with Gasteiger partial charge in [0.15, 0.2) is 5.79 Å². The van der Waals surface area contributed by atoms with Gasteiger partial charge >= 0.3 is 5.97 Å². The molecule has 0 aromatic heterocycles. The van der Waals surface area contributed by atoms with Gasteiger partial charge in [0, 0.05) is 17.3 Å². The van der Waals surface area contributed by atoms with Crippen molar-refractivity contribution >= 4 is 11.5 Å². The molecule has 0 unspecified atom stereocenters. The molecule has 0 N–H and O–H groups in total. The lowest BCUT2D eigenvalue weighted by Crippen LogP contribution is -2.73. The molecule has 1 aliphatic heterocycles. The number of esters is 1. The lowest BCUT2D eigenvalue weighted by Gasteiger charge is -2.73. The van der Waals surface area contributed by atoms with Crippen LogP contribution in [0.4, 0.5) is 0 Å². The molecule has 0 radical (unpaired) electrons. The number of nitroso groups, excluding NO2 is 1. The Morgan fingerprint density at radius 2 is 1.62 bits per heavy atom. The van der Waals surface area contributed by atoms with Crippen LogP contribution in [0, 0.1) is 56.2 Å². The van der Waals surface area contributed by atoms with E-state index in [0.717, 1.165) is 51.4 Å². The number of allylic oxidation sites excluding steroid dienone is 2. The molecule has 1 aromatic rings. The number of hydrogen-bond acceptors (Lipinski definition) is 6. The molecule has 0 amide bonds. The number of nitrogens with zero attached hydrogens (tertiary/aromatic N) is 1. The molecule has 246 valence electrons. The van der Waals surface area contributed by atoms with Gasteiger partial charge in [-0.2, -0.15) is 4.91 Å². The van der Waals surface area contributed by atoms with Gasteiger partial charge in [0.2, 0.25) is 0 Å². The summed E-state index contributed by atoms with van der Waals surface area (Å²) in [5.41, 5.74) is 2.40. The monoisotopic (exact) mass is 617 g/mol. The van der Waals surface area contributed by atoms with Crippen LogP contribution in [0.2, 0.25) is 0 Å². The van der Waals surface area contributed by atoms with Crippen LogP contribution >= 0.6 is 0 Å². The number of carbonyl (C=O) groups excluding carboxylic acids is 1. The van der Waals surface area contributed by atoms with Gasteiger partial charge in [0.05, 0.1) is 24.9 Å². The van der Waals surface area contributed by atoms with Crippen molar-refractivity contribution in [3.8, 4) is 0 Å². The lowest BCUT2D eigenvalue weighted by molar-refractivity contribution is -0.274. The summed E-state index contributed by atoms with van der Waals surface area (Å²) >= 11 is 0. The third-order valence-corrected chi connectivity index (χ3v) is 15.3. The Morgan fingerprint density at radius 1 is 0.933 bits per heavy atom. The number of ether oxygens (including phenoxy) is 3. The van der Waals surface area contributed by atoms with Crippen LogP contribution in [0.5, 0.6) is 0 Å². The highest BCUT2D eigenvalue weighted by atomic mass is 16.7. The second-order valence-corrected chi connectivity index (χ2v) is 17.5. The van der Waals surface area contributed by atoms with Crippen molar-refractivity contribution in [3.05, 3.63) is 46.4 Å². The van der Waals surface area contributed by atoms with Crippen molar-refractivity contribution in [2.24, 2.45) is 56.4 Å². The molecular weight excluding hydrogens is 562 g/mol. The molecule has 1 aromatic carbocycles. The van der Waals surface area contributed by atoms with Crippen LogP contribution in [0.25, 0.3) is 5.57 Å². The molecule has 1 heterocycles. The zero-order valence-corrected chi connectivity index (χ0v) is 29.1. The summed E-state index contributed by atoms with van der Waals surface area (Å²) in [6.07, 6.45) is 10.7. The van der Waals surface area contributed by atoms with E-state index in [1.165, 1.54) is 18.2 Å². The molecular formula is C39H55NO5. The first-order chi connectivity index (χ1) is 21.1. The largest absolute Gasteiger partial charge is 0.465 e. The number of benzene rings is 1. The highest BCUT2D eigenvalue weighted by Crippen LogP contribution is 2.78. The Labute approximate surface area is 270 Å². The summed E-state index contributed by atoms with van der Waals surface area (Å²) in [6.45, 7) is 19.1. The van der Waals surface area contributed by atoms with E-state index in [2.05, 4.69) is 78.8 Å². The maximum atomic E-state index is 12.8. The van der Waals surface area contributed by atoms with Gasteiger partial charge in [-0.05, 0) is 116 Å². The zero-order valence-electron chi connectivity index (χ0n) is 29.1. The zero-order chi connectivity index (χ0) is 32.4. The Balaban J connectivity index is 1.34. The van der Waals surface area contributed by atoms with Crippen molar-refractivity contribution in [1.29, 1.82) is 0 Å². The van der Waals surface area contributed by atoms with Crippen LogP contribution in [-0.4, -0.2) is 36.6 Å². The summed E-state index contributed by atoms with van der Waals surface area (Å²) in [5.74, 6) is 1.11. The second kappa shape index (κ2) is 9.98. The Kier molecular flexibility index (Phi) is 7.00. The van der Waals surface area contributed by atoms with E-state index >= 15 is 0 Å². The number of hydrogen-bond donors (Lipinski definition) is 0. The third-order valence-electron chi connectivity index (χ3n) is 15.3. The fourth-order valence-electron chi connectivity index (χ4n) is 13.3. The van der Waals surface area contributed by atoms with Crippen molar-refractivity contribution in [1.82, 2.24) is 0 Å². The molecule has 5 fully saturated rings. The van der Waals surface area contributed by atoms with E-state index in [4.69, 9.17) is 14.2 Å². The van der Waals surface area contributed by atoms with Gasteiger partial charge in [-0.1, -0.05) is 71.3 Å². The normalized spacial score (nSPS) is 47.3. The highest BCUT2D eigenvalue weighted by molar-refractivity contribution is 5.89. The summed E-state index contributed by atoms with van der Waals surface area (Å²) in [5, 5.41) is 4.03. The second-order valence-electron chi connectivity index (χ2n) is 17.5. The first-order valence-electron chi connectivity index (χ1n) is 17.7. The summed E-state index contributed by atoms with van der Waals surface area (Å²) in [4.78, 5) is 25.0. The van der Waals surface area contributed by atoms with Gasteiger partial charge in [-0.15, -0.1) is 0 Å². The smallest absolute Gasteiger partial charge is 0.337 e. The number of carbonyl (C=O) groups is 1. The molecule has 4 saturated carbocycles. The average molecular weight is 618 g/mol. The first kappa shape index (κ1) is 31.5. The molecule has 0 spiro atoms. The molecule has 1 saturated heterocycles. The van der Waals surface area contributed by atoms with E-state index in [1.54, 1.807) is 0 Å². The van der Waals surface area contributed by atoms with E-state index in [0.29, 0.717) is 35.2 Å². The van der Waals surface area contributed by atoms with Gasteiger partial charge in [0.1, 0.15) is 5.54 Å². The molecule has 45 heavy (non-hydrogen) atoms. The number of rotatable bonds is 4. The molecule has 11 atom stereocenters. The van der Waals surface area contributed by atoms with Crippen molar-refractivity contribution in [2.45, 2.75) is 130 Å². The van der Waals surface area contributed by atoms with Crippen LogP contribution in [0.1, 0.15) is 123 Å². The Bertz CT molecular complexity index is 1410. The molecule has 6 nitrogen and oxygen atoms in total. The van der Waals surface area contributed by atoms with Gasteiger partial charge in [-0.3, -0.25) is 0 Å². The molecule has 5 aliphatic carbocycles. The summed E-state index contributed by atoms with van der Waals surface area (Å²) in [6, 6.07) is 7.97. The van der Waals surface area contributed by atoms with Crippen LogP contribution in [-0.2, 0) is 14.2 Å². The number of methoxy groups -OCH3 is 1. The molecule has 6 heteroatoms. The van der Waals surface area contributed by atoms with Crippen LogP contribution < -0.4 is 0 Å². The lowest BCUT2D eigenvalue weighted by atomic mass is 9.31. The van der Waals surface area contributed by atoms with Crippen LogP contribution in [0.15, 0.2) is 35.5 Å². The topological polar surface area (TPSA) is 74.2 Å². The van der Waals surface area contributed by atoms with Crippen LogP contribution in [0.3, 0.4) is 0 Å². The Hall–Kier alpha value is -2.05. The van der Waals surface area contributed by atoms with E-state index < -0.39 is 11.3 Å². The minimum atomic E-state index is -0.748. The van der Waals surface area contributed by atoms with E-state index in [9.17, 15) is 9.70 Å². The van der Waals surface area contributed by atoms with Crippen molar-refractivity contribution in [2.75, 3.05) is 7.11 Å². The predicted octanol–water partition coefficient (Wildman–Crippen LogP) is 9.22. The van der Waals surface area contributed by atoms with E-state index in [1.807, 2.05) is 12.1 Å². The maximum Gasteiger partial charge on any atom is 0.337 e.